The van der Waals surface area contributed by atoms with Gasteiger partial charge < -0.3 is 10.2 Å². The van der Waals surface area contributed by atoms with Gasteiger partial charge in [0, 0.05) is 12.2 Å². The Balaban J connectivity index is 1.71. The first-order valence-electron chi connectivity index (χ1n) is 7.53. The number of fused-ring (bicyclic) bond motifs is 1. The predicted molar refractivity (Wildman–Crippen MR) is 93.8 cm³/mol. The molecule has 2 saturated heterocycles. The molecule has 3 rings (SSSR count). The topological polar surface area (TPSA) is 49.4 Å². The van der Waals surface area contributed by atoms with Gasteiger partial charge in [-0.3, -0.25) is 9.59 Å². The highest BCUT2D eigenvalue weighted by Crippen LogP contribution is 2.47. The Hall–Kier alpha value is -0.910. The number of thioether (sulfide) groups is 1. The van der Waals surface area contributed by atoms with Gasteiger partial charge in [-0.05, 0) is 38.0 Å². The van der Waals surface area contributed by atoms with Crippen LogP contribution in [0.5, 0.6) is 0 Å². The number of amides is 2. The zero-order valence-electron chi connectivity index (χ0n) is 12.9. The smallest absolute Gasteiger partial charge is 0.244 e. The van der Waals surface area contributed by atoms with Crippen molar-refractivity contribution in [3.8, 4) is 0 Å². The van der Waals surface area contributed by atoms with Crippen LogP contribution in [0.3, 0.4) is 0 Å². The fourth-order valence-corrected chi connectivity index (χ4v) is 4.93. The van der Waals surface area contributed by atoms with E-state index in [0.717, 1.165) is 12.0 Å². The number of halogens is 2. The van der Waals surface area contributed by atoms with Gasteiger partial charge in [-0.1, -0.05) is 29.3 Å². The van der Waals surface area contributed by atoms with Gasteiger partial charge in [0.05, 0.1) is 21.0 Å². The molecule has 0 radical (unpaired) electrons. The molecule has 2 fully saturated rings. The molecule has 0 aromatic heterocycles. The molecule has 2 aliphatic heterocycles. The second-order valence-electron chi connectivity index (χ2n) is 6.17. The van der Waals surface area contributed by atoms with Gasteiger partial charge in [-0.25, -0.2) is 0 Å². The van der Waals surface area contributed by atoms with Crippen LogP contribution in [-0.2, 0) is 9.59 Å². The highest BCUT2D eigenvalue weighted by atomic mass is 35.5. The van der Waals surface area contributed by atoms with Gasteiger partial charge in [0.1, 0.15) is 6.04 Å². The molecule has 3 atom stereocenters. The zero-order chi connectivity index (χ0) is 16.8. The van der Waals surface area contributed by atoms with Crippen LogP contribution in [0.25, 0.3) is 0 Å². The van der Waals surface area contributed by atoms with Crippen molar-refractivity contribution in [3.05, 3.63) is 33.8 Å². The minimum atomic E-state index is -0.398. The molecule has 0 spiro atoms. The van der Waals surface area contributed by atoms with Crippen molar-refractivity contribution in [3.63, 3.8) is 0 Å². The molecule has 3 unspecified atom stereocenters. The molecule has 1 N–H and O–H groups in total. The van der Waals surface area contributed by atoms with Crippen molar-refractivity contribution in [2.24, 2.45) is 0 Å². The van der Waals surface area contributed by atoms with Crippen LogP contribution in [0.4, 0.5) is 0 Å². The number of hydrogen-bond acceptors (Lipinski definition) is 3. The fraction of sp³-hybridized carbons (Fsp3) is 0.500. The average molecular weight is 373 g/mol. The van der Waals surface area contributed by atoms with Crippen molar-refractivity contribution >= 4 is 46.8 Å². The summed E-state index contributed by atoms with van der Waals surface area (Å²) in [5.74, 6) is 0.595. The molecule has 1 aromatic carbocycles. The normalized spacial score (nSPS) is 27.9. The number of carbonyl (C=O) groups excluding carboxylic acids is 2. The quantitative estimate of drug-likeness (QED) is 0.881. The van der Waals surface area contributed by atoms with Gasteiger partial charge in [0.25, 0.3) is 0 Å². The zero-order valence-corrected chi connectivity index (χ0v) is 15.3. The second kappa shape index (κ2) is 6.19. The van der Waals surface area contributed by atoms with Crippen molar-refractivity contribution in [2.45, 2.75) is 43.6 Å². The molecule has 23 heavy (non-hydrogen) atoms. The minimum Gasteiger partial charge on any atom is -0.348 e. The third kappa shape index (κ3) is 3.06. The lowest BCUT2D eigenvalue weighted by molar-refractivity contribution is -0.138. The molecule has 0 saturated carbocycles. The van der Waals surface area contributed by atoms with E-state index in [1.165, 1.54) is 0 Å². The van der Waals surface area contributed by atoms with Gasteiger partial charge in [0.2, 0.25) is 11.8 Å². The summed E-state index contributed by atoms with van der Waals surface area (Å²) in [5, 5.41) is 3.94. The van der Waals surface area contributed by atoms with E-state index in [2.05, 4.69) is 5.32 Å². The fourth-order valence-electron chi connectivity index (χ4n) is 3.19. The summed E-state index contributed by atoms with van der Waals surface area (Å²) in [6.07, 6.45) is 1.33. The average Bonchev–Trinajstić information content (AvgIpc) is 2.99. The van der Waals surface area contributed by atoms with E-state index in [4.69, 9.17) is 23.2 Å². The summed E-state index contributed by atoms with van der Waals surface area (Å²) in [6, 6.07) is 4.71. The monoisotopic (exact) mass is 372 g/mol. The van der Waals surface area contributed by atoms with Crippen LogP contribution in [0.15, 0.2) is 18.2 Å². The van der Waals surface area contributed by atoms with Crippen LogP contribution in [0, 0.1) is 0 Å². The standard InChI is InChI=1S/C16H18Cl2N2O2S/c1-9(10-3-4-11(17)12(18)7-10)19-15(22)13-8-23-16(2)6-5-14(21)20(13)16/h3-4,7,9,13H,5-6,8H2,1-2H3,(H,19,22). The summed E-state index contributed by atoms with van der Waals surface area (Å²) in [6.45, 7) is 3.93. The summed E-state index contributed by atoms with van der Waals surface area (Å²) in [7, 11) is 0. The number of rotatable bonds is 3. The number of carbonyl (C=O) groups is 2. The van der Waals surface area contributed by atoms with E-state index in [-0.39, 0.29) is 22.7 Å². The van der Waals surface area contributed by atoms with Crippen molar-refractivity contribution in [2.75, 3.05) is 5.75 Å². The molecule has 2 aliphatic rings. The van der Waals surface area contributed by atoms with Gasteiger partial charge in [-0.15, -0.1) is 11.8 Å². The molecule has 7 heteroatoms. The number of nitrogens with one attached hydrogen (secondary N) is 1. The lowest BCUT2D eigenvalue weighted by atomic mass is 10.1. The van der Waals surface area contributed by atoms with E-state index in [0.29, 0.717) is 22.2 Å². The third-order valence-corrected chi connectivity index (χ3v) is 6.79. The molecule has 0 aliphatic carbocycles. The van der Waals surface area contributed by atoms with Gasteiger partial charge >= 0.3 is 0 Å². The van der Waals surface area contributed by atoms with Crippen LogP contribution in [0.2, 0.25) is 10.0 Å². The third-order valence-electron chi connectivity index (χ3n) is 4.55. The van der Waals surface area contributed by atoms with Crippen molar-refractivity contribution in [1.29, 1.82) is 0 Å². The maximum absolute atomic E-state index is 12.6. The summed E-state index contributed by atoms with van der Waals surface area (Å²) >= 11 is 13.6. The molecule has 124 valence electrons. The van der Waals surface area contributed by atoms with E-state index in [1.54, 1.807) is 28.8 Å². The Kier molecular flexibility index (Phi) is 4.55. The van der Waals surface area contributed by atoms with E-state index < -0.39 is 6.04 Å². The summed E-state index contributed by atoms with van der Waals surface area (Å²) in [5.41, 5.74) is 0.883. The first-order valence-corrected chi connectivity index (χ1v) is 9.27. The Bertz CT molecular complexity index is 669. The Labute approximate surface area is 149 Å². The highest BCUT2D eigenvalue weighted by Gasteiger charge is 2.52. The van der Waals surface area contributed by atoms with Crippen molar-refractivity contribution in [1.82, 2.24) is 10.2 Å². The van der Waals surface area contributed by atoms with Crippen molar-refractivity contribution < 1.29 is 9.59 Å². The molecule has 2 heterocycles. The number of benzene rings is 1. The van der Waals surface area contributed by atoms with Gasteiger partial charge in [-0.2, -0.15) is 0 Å². The molecular formula is C16H18Cl2N2O2S. The Morgan fingerprint density at radius 1 is 1.43 bits per heavy atom. The van der Waals surface area contributed by atoms with E-state index >= 15 is 0 Å². The maximum Gasteiger partial charge on any atom is 0.244 e. The van der Waals surface area contributed by atoms with Gasteiger partial charge in [0.15, 0.2) is 0 Å². The molecule has 2 amide bonds. The summed E-state index contributed by atoms with van der Waals surface area (Å²) in [4.78, 5) is 26.3. The minimum absolute atomic E-state index is 0.0693. The lowest BCUT2D eigenvalue weighted by Gasteiger charge is -2.30. The van der Waals surface area contributed by atoms with E-state index in [9.17, 15) is 9.59 Å². The number of hydrogen-bond donors (Lipinski definition) is 1. The molecule has 1 aromatic rings. The number of nitrogens with zero attached hydrogens (tertiary/aromatic N) is 1. The Morgan fingerprint density at radius 2 is 2.17 bits per heavy atom. The molecule has 0 bridgehead atoms. The van der Waals surface area contributed by atoms with Crippen LogP contribution < -0.4 is 5.32 Å². The maximum atomic E-state index is 12.6. The van der Waals surface area contributed by atoms with E-state index in [1.807, 2.05) is 19.9 Å². The first-order chi connectivity index (χ1) is 10.8. The summed E-state index contributed by atoms with van der Waals surface area (Å²) < 4.78 is 0. The van der Waals surface area contributed by atoms with Crippen LogP contribution in [0.1, 0.15) is 38.3 Å². The van der Waals surface area contributed by atoms with Crippen LogP contribution in [-0.4, -0.2) is 33.4 Å². The predicted octanol–water partition coefficient (Wildman–Crippen LogP) is 3.62. The molecular weight excluding hydrogens is 355 g/mol. The van der Waals surface area contributed by atoms with Crippen LogP contribution >= 0.6 is 35.0 Å². The second-order valence-corrected chi connectivity index (χ2v) is 8.49. The Morgan fingerprint density at radius 3 is 2.87 bits per heavy atom. The molecule has 4 nitrogen and oxygen atoms in total. The first kappa shape index (κ1) is 16.9. The SMILES string of the molecule is CC(NC(=O)C1CSC2(C)CCC(=O)N12)c1ccc(Cl)c(Cl)c1. The largest absolute Gasteiger partial charge is 0.348 e. The highest BCUT2D eigenvalue weighted by molar-refractivity contribution is 8.01. The lowest BCUT2D eigenvalue weighted by Crippen LogP contribution is -2.50.